The van der Waals surface area contributed by atoms with Crippen molar-refractivity contribution in [2.24, 2.45) is 0 Å². The van der Waals surface area contributed by atoms with Gasteiger partial charge in [-0.1, -0.05) is 12.1 Å². The highest BCUT2D eigenvalue weighted by atomic mass is 32.2. The van der Waals surface area contributed by atoms with Crippen LogP contribution in [-0.2, 0) is 21.4 Å². The van der Waals surface area contributed by atoms with Crippen molar-refractivity contribution in [1.29, 1.82) is 0 Å². The van der Waals surface area contributed by atoms with Crippen LogP contribution in [0.25, 0.3) is 0 Å². The predicted octanol–water partition coefficient (Wildman–Crippen LogP) is 3.41. The summed E-state index contributed by atoms with van der Waals surface area (Å²) in [7, 11) is 1.25. The zero-order valence-electron chi connectivity index (χ0n) is 18.7. The van der Waals surface area contributed by atoms with Gasteiger partial charge in [-0.05, 0) is 66.2 Å². The van der Waals surface area contributed by atoms with E-state index >= 15 is 0 Å². The number of anilines is 2. The minimum absolute atomic E-state index is 0.0142. The third kappa shape index (κ3) is 6.01. The summed E-state index contributed by atoms with van der Waals surface area (Å²) in [6, 6.07) is 18.4. The van der Waals surface area contributed by atoms with E-state index in [1.54, 1.807) is 0 Å². The fraction of sp³-hybridized carbons (Fsp3) is 0.208. The maximum atomic E-state index is 13.4. The summed E-state index contributed by atoms with van der Waals surface area (Å²) in [5.41, 5.74) is 2.08. The first-order chi connectivity index (χ1) is 15.7. The van der Waals surface area contributed by atoms with Crippen LogP contribution in [-0.4, -0.2) is 42.1 Å². The standard InChI is InChI=1S/C24H26FN3O4S/c1-27(2)20-8-4-18(5-9-20)16-26-24(29)17-28(21-10-6-19(25)7-11-21)33(30,31)23-14-12-22(32-3)13-15-23/h4-15H,16-17H2,1-3H3,(H,26,29). The van der Waals surface area contributed by atoms with E-state index in [4.69, 9.17) is 4.74 Å². The number of amides is 1. The van der Waals surface area contributed by atoms with Gasteiger partial charge in [0, 0.05) is 26.3 Å². The van der Waals surface area contributed by atoms with Crippen molar-refractivity contribution < 1.29 is 22.3 Å². The lowest BCUT2D eigenvalue weighted by Gasteiger charge is -2.24. The molecule has 174 valence electrons. The number of hydrogen-bond donors (Lipinski definition) is 1. The van der Waals surface area contributed by atoms with E-state index in [0.29, 0.717) is 5.75 Å². The molecule has 3 aromatic rings. The Hall–Kier alpha value is -3.59. The van der Waals surface area contributed by atoms with Crippen LogP contribution in [0.4, 0.5) is 15.8 Å². The summed E-state index contributed by atoms with van der Waals surface area (Å²) in [5, 5.41) is 2.75. The fourth-order valence-corrected chi connectivity index (χ4v) is 4.52. The van der Waals surface area contributed by atoms with E-state index in [1.807, 2.05) is 43.3 Å². The molecule has 0 aliphatic rings. The summed E-state index contributed by atoms with van der Waals surface area (Å²) < 4.78 is 46.1. The third-order valence-electron chi connectivity index (χ3n) is 4.99. The third-order valence-corrected chi connectivity index (χ3v) is 6.78. The molecule has 3 rings (SSSR count). The molecule has 0 fully saturated rings. The summed E-state index contributed by atoms with van der Waals surface area (Å²) in [6.07, 6.45) is 0. The first kappa shape index (κ1) is 24.1. The smallest absolute Gasteiger partial charge is 0.264 e. The molecule has 0 saturated carbocycles. The monoisotopic (exact) mass is 471 g/mol. The molecule has 0 aliphatic heterocycles. The Labute approximate surface area is 193 Å². The van der Waals surface area contributed by atoms with Gasteiger partial charge in [-0.2, -0.15) is 0 Å². The van der Waals surface area contributed by atoms with Gasteiger partial charge in [-0.25, -0.2) is 12.8 Å². The van der Waals surface area contributed by atoms with Gasteiger partial charge in [-0.3, -0.25) is 9.10 Å². The Bertz CT molecular complexity index is 1180. The van der Waals surface area contributed by atoms with Crippen molar-refractivity contribution in [3.05, 3.63) is 84.2 Å². The van der Waals surface area contributed by atoms with Gasteiger partial charge in [-0.15, -0.1) is 0 Å². The highest BCUT2D eigenvalue weighted by molar-refractivity contribution is 7.92. The van der Waals surface area contributed by atoms with Crippen molar-refractivity contribution >= 4 is 27.3 Å². The number of nitrogens with zero attached hydrogens (tertiary/aromatic N) is 2. The van der Waals surface area contributed by atoms with Crippen molar-refractivity contribution in [2.45, 2.75) is 11.4 Å². The molecule has 1 amide bonds. The second kappa shape index (κ2) is 10.4. The van der Waals surface area contributed by atoms with E-state index in [-0.39, 0.29) is 17.1 Å². The molecule has 0 unspecified atom stereocenters. The Morgan fingerprint density at radius 2 is 1.48 bits per heavy atom. The van der Waals surface area contributed by atoms with E-state index in [9.17, 15) is 17.6 Å². The lowest BCUT2D eigenvalue weighted by atomic mass is 10.2. The van der Waals surface area contributed by atoms with Crippen LogP contribution in [0.15, 0.2) is 77.7 Å². The Balaban J connectivity index is 1.80. The van der Waals surface area contributed by atoms with Gasteiger partial charge >= 0.3 is 0 Å². The maximum absolute atomic E-state index is 13.4. The Morgan fingerprint density at radius 1 is 0.909 bits per heavy atom. The second-order valence-corrected chi connectivity index (χ2v) is 9.36. The average Bonchev–Trinajstić information content (AvgIpc) is 2.82. The number of methoxy groups -OCH3 is 1. The normalized spacial score (nSPS) is 11.0. The van der Waals surface area contributed by atoms with Crippen molar-refractivity contribution in [3.8, 4) is 5.75 Å². The van der Waals surface area contributed by atoms with Crippen LogP contribution in [0.2, 0.25) is 0 Å². The molecule has 3 aromatic carbocycles. The molecule has 1 N–H and O–H groups in total. The lowest BCUT2D eigenvalue weighted by molar-refractivity contribution is -0.119. The van der Waals surface area contributed by atoms with Gasteiger partial charge in [0.2, 0.25) is 5.91 Å². The zero-order valence-corrected chi connectivity index (χ0v) is 19.5. The first-order valence-corrected chi connectivity index (χ1v) is 11.6. The highest BCUT2D eigenvalue weighted by Gasteiger charge is 2.27. The van der Waals surface area contributed by atoms with Crippen LogP contribution in [0.5, 0.6) is 5.75 Å². The van der Waals surface area contributed by atoms with E-state index in [1.165, 1.54) is 43.5 Å². The number of ether oxygens (including phenoxy) is 1. The Kier molecular flexibility index (Phi) is 7.55. The average molecular weight is 472 g/mol. The van der Waals surface area contributed by atoms with Crippen molar-refractivity contribution in [2.75, 3.05) is 37.0 Å². The summed E-state index contributed by atoms with van der Waals surface area (Å²) in [4.78, 5) is 14.7. The van der Waals surface area contributed by atoms with Gasteiger partial charge in [0.05, 0.1) is 17.7 Å². The molecular weight excluding hydrogens is 445 g/mol. The molecule has 0 radical (unpaired) electrons. The molecule has 7 nitrogen and oxygen atoms in total. The number of halogens is 1. The number of hydrogen-bond acceptors (Lipinski definition) is 5. The van der Waals surface area contributed by atoms with E-state index in [0.717, 1.165) is 27.7 Å². The number of nitrogens with one attached hydrogen (secondary N) is 1. The summed E-state index contributed by atoms with van der Waals surface area (Å²) in [6.45, 7) is -0.220. The minimum Gasteiger partial charge on any atom is -0.497 e. The quantitative estimate of drug-likeness (QED) is 0.518. The van der Waals surface area contributed by atoms with Crippen molar-refractivity contribution in [1.82, 2.24) is 5.32 Å². The number of rotatable bonds is 9. The molecule has 0 aromatic heterocycles. The molecule has 0 aliphatic carbocycles. The zero-order chi connectivity index (χ0) is 24.0. The van der Waals surface area contributed by atoms with Crippen molar-refractivity contribution in [3.63, 3.8) is 0 Å². The van der Waals surface area contributed by atoms with Crippen LogP contribution >= 0.6 is 0 Å². The number of benzene rings is 3. The topological polar surface area (TPSA) is 79.0 Å². The molecule has 9 heteroatoms. The number of carbonyl (C=O) groups is 1. The highest BCUT2D eigenvalue weighted by Crippen LogP contribution is 2.25. The SMILES string of the molecule is COc1ccc(S(=O)(=O)N(CC(=O)NCc2ccc(N(C)C)cc2)c2ccc(F)cc2)cc1. The maximum Gasteiger partial charge on any atom is 0.264 e. The number of carbonyl (C=O) groups excluding carboxylic acids is 1. The van der Waals surface area contributed by atoms with E-state index < -0.39 is 28.3 Å². The van der Waals surface area contributed by atoms with Crippen LogP contribution in [0.3, 0.4) is 0 Å². The fourth-order valence-electron chi connectivity index (χ4n) is 3.10. The summed E-state index contributed by atoms with van der Waals surface area (Å²) >= 11 is 0. The van der Waals surface area contributed by atoms with Gasteiger partial charge in [0.1, 0.15) is 18.1 Å². The lowest BCUT2D eigenvalue weighted by Crippen LogP contribution is -2.40. The molecular formula is C24H26FN3O4S. The number of sulfonamides is 1. The van der Waals surface area contributed by atoms with E-state index in [2.05, 4.69) is 5.32 Å². The molecule has 0 spiro atoms. The van der Waals surface area contributed by atoms with Crippen LogP contribution in [0.1, 0.15) is 5.56 Å². The molecule has 0 bridgehead atoms. The molecule has 33 heavy (non-hydrogen) atoms. The second-order valence-electron chi connectivity index (χ2n) is 7.50. The van der Waals surface area contributed by atoms with Crippen LogP contribution in [0, 0.1) is 5.82 Å². The van der Waals surface area contributed by atoms with Gasteiger partial charge in [0.15, 0.2) is 0 Å². The molecule has 0 heterocycles. The predicted molar refractivity (Wildman–Crippen MR) is 127 cm³/mol. The molecule has 0 atom stereocenters. The summed E-state index contributed by atoms with van der Waals surface area (Å²) in [5.74, 6) is -0.500. The van der Waals surface area contributed by atoms with Gasteiger partial charge < -0.3 is 15.0 Å². The minimum atomic E-state index is -4.10. The Morgan fingerprint density at radius 3 is 2.03 bits per heavy atom. The largest absolute Gasteiger partial charge is 0.497 e. The first-order valence-electron chi connectivity index (χ1n) is 10.2. The van der Waals surface area contributed by atoms with Gasteiger partial charge in [0.25, 0.3) is 10.0 Å². The molecule has 0 saturated heterocycles. The van der Waals surface area contributed by atoms with Crippen LogP contribution < -0.4 is 19.3 Å².